The molecule has 1 N–H and O–H groups in total. The summed E-state index contributed by atoms with van der Waals surface area (Å²) in [6, 6.07) is 6.11. The number of benzene rings is 1. The standard InChI is InChI=1S/C15H21BrN2O/c1-11-8-12(4-5-13(11)16)18-10-15(2,3)9-17-7-6-14(18)19/h4-5,8,17H,6-7,9-10H2,1-3H3. The van der Waals surface area contributed by atoms with E-state index in [0.717, 1.165) is 35.4 Å². The van der Waals surface area contributed by atoms with E-state index >= 15 is 0 Å². The lowest BCUT2D eigenvalue weighted by Crippen LogP contribution is -2.47. The van der Waals surface area contributed by atoms with Gasteiger partial charge in [0.25, 0.3) is 0 Å². The highest BCUT2D eigenvalue weighted by atomic mass is 79.9. The van der Waals surface area contributed by atoms with Crippen molar-refractivity contribution >= 4 is 27.5 Å². The van der Waals surface area contributed by atoms with Gasteiger partial charge < -0.3 is 10.2 Å². The smallest absolute Gasteiger partial charge is 0.228 e. The predicted octanol–water partition coefficient (Wildman–Crippen LogP) is 3.11. The van der Waals surface area contributed by atoms with Gasteiger partial charge in [0.2, 0.25) is 5.91 Å². The number of carbonyl (C=O) groups excluding carboxylic acids is 1. The van der Waals surface area contributed by atoms with Crippen LogP contribution in [0.5, 0.6) is 0 Å². The van der Waals surface area contributed by atoms with Crippen molar-refractivity contribution in [2.45, 2.75) is 27.2 Å². The summed E-state index contributed by atoms with van der Waals surface area (Å²) in [5, 5.41) is 3.35. The summed E-state index contributed by atoms with van der Waals surface area (Å²) >= 11 is 3.51. The highest BCUT2D eigenvalue weighted by Gasteiger charge is 2.28. The molecular formula is C15H21BrN2O. The zero-order chi connectivity index (χ0) is 14.0. The number of nitrogens with zero attached hydrogens (tertiary/aromatic N) is 1. The Bertz CT molecular complexity index is 485. The highest BCUT2D eigenvalue weighted by Crippen LogP contribution is 2.27. The van der Waals surface area contributed by atoms with Crippen LogP contribution in [0.15, 0.2) is 22.7 Å². The third-order valence-corrected chi connectivity index (χ3v) is 4.35. The first-order chi connectivity index (χ1) is 8.89. The number of halogens is 1. The first-order valence-electron chi connectivity index (χ1n) is 6.66. The number of aryl methyl sites for hydroxylation is 1. The number of anilines is 1. The molecule has 0 radical (unpaired) electrons. The van der Waals surface area contributed by atoms with Crippen LogP contribution in [0.3, 0.4) is 0 Å². The Balaban J connectivity index is 2.32. The second kappa shape index (κ2) is 5.63. The maximum atomic E-state index is 12.3. The van der Waals surface area contributed by atoms with Crippen LogP contribution >= 0.6 is 15.9 Å². The van der Waals surface area contributed by atoms with Gasteiger partial charge in [-0.2, -0.15) is 0 Å². The molecule has 0 atom stereocenters. The minimum absolute atomic E-state index is 0.0804. The molecule has 3 nitrogen and oxygen atoms in total. The highest BCUT2D eigenvalue weighted by molar-refractivity contribution is 9.10. The maximum Gasteiger partial charge on any atom is 0.228 e. The summed E-state index contributed by atoms with van der Waals surface area (Å²) in [5.74, 6) is 0.196. The van der Waals surface area contributed by atoms with Crippen LogP contribution in [0.4, 0.5) is 5.69 Å². The lowest BCUT2D eigenvalue weighted by molar-refractivity contribution is -0.119. The number of carbonyl (C=O) groups is 1. The number of hydrogen-bond donors (Lipinski definition) is 1. The molecule has 1 amide bonds. The van der Waals surface area contributed by atoms with Crippen LogP contribution in [0.1, 0.15) is 25.8 Å². The molecular weight excluding hydrogens is 304 g/mol. The van der Waals surface area contributed by atoms with Crippen molar-refractivity contribution in [1.29, 1.82) is 0 Å². The van der Waals surface area contributed by atoms with Crippen LogP contribution in [-0.4, -0.2) is 25.5 Å². The summed E-state index contributed by atoms with van der Waals surface area (Å²) in [7, 11) is 0. The van der Waals surface area contributed by atoms with Gasteiger partial charge in [-0.25, -0.2) is 0 Å². The van der Waals surface area contributed by atoms with Gasteiger partial charge in [-0.1, -0.05) is 29.8 Å². The Morgan fingerprint density at radius 1 is 1.37 bits per heavy atom. The molecule has 0 unspecified atom stereocenters. The van der Waals surface area contributed by atoms with Crippen molar-refractivity contribution in [2.24, 2.45) is 5.41 Å². The van der Waals surface area contributed by atoms with Crippen LogP contribution < -0.4 is 10.2 Å². The second-order valence-electron chi connectivity index (χ2n) is 6.00. The van der Waals surface area contributed by atoms with E-state index in [1.165, 1.54) is 0 Å². The molecule has 104 valence electrons. The average Bonchev–Trinajstić information content (AvgIpc) is 2.34. The molecule has 1 aliphatic heterocycles. The molecule has 2 rings (SSSR count). The van der Waals surface area contributed by atoms with Crippen LogP contribution in [0, 0.1) is 12.3 Å². The Morgan fingerprint density at radius 3 is 2.79 bits per heavy atom. The van der Waals surface area contributed by atoms with Crippen molar-refractivity contribution in [3.05, 3.63) is 28.2 Å². The summed E-state index contributed by atoms with van der Waals surface area (Å²) in [6.45, 7) is 8.88. The molecule has 1 fully saturated rings. The number of rotatable bonds is 1. The number of amides is 1. The van der Waals surface area contributed by atoms with Gasteiger partial charge in [0.05, 0.1) is 0 Å². The molecule has 0 aliphatic carbocycles. The molecule has 1 heterocycles. The second-order valence-corrected chi connectivity index (χ2v) is 6.86. The van der Waals surface area contributed by atoms with Crippen molar-refractivity contribution in [2.75, 3.05) is 24.5 Å². The molecule has 1 aromatic rings. The molecule has 1 aromatic carbocycles. The van der Waals surface area contributed by atoms with E-state index in [2.05, 4.69) is 48.1 Å². The van der Waals surface area contributed by atoms with Crippen molar-refractivity contribution in [3.63, 3.8) is 0 Å². The minimum atomic E-state index is 0.0804. The van der Waals surface area contributed by atoms with Crippen LogP contribution in [-0.2, 0) is 4.79 Å². The van der Waals surface area contributed by atoms with E-state index in [1.807, 2.05) is 17.0 Å². The van der Waals surface area contributed by atoms with E-state index in [1.54, 1.807) is 0 Å². The molecule has 19 heavy (non-hydrogen) atoms. The first kappa shape index (κ1) is 14.5. The summed E-state index contributed by atoms with van der Waals surface area (Å²) < 4.78 is 1.08. The quantitative estimate of drug-likeness (QED) is 0.860. The lowest BCUT2D eigenvalue weighted by Gasteiger charge is -2.35. The third-order valence-electron chi connectivity index (χ3n) is 3.46. The van der Waals surface area contributed by atoms with Gasteiger partial charge in [0.1, 0.15) is 0 Å². The minimum Gasteiger partial charge on any atom is -0.316 e. The molecule has 0 bridgehead atoms. The summed E-state index contributed by atoms with van der Waals surface area (Å²) in [6.07, 6.45) is 0.561. The van der Waals surface area contributed by atoms with Gasteiger partial charge in [0, 0.05) is 36.2 Å². The largest absolute Gasteiger partial charge is 0.316 e. The van der Waals surface area contributed by atoms with Gasteiger partial charge >= 0.3 is 0 Å². The maximum absolute atomic E-state index is 12.3. The fourth-order valence-corrected chi connectivity index (χ4v) is 2.61. The van der Waals surface area contributed by atoms with Crippen LogP contribution in [0.2, 0.25) is 0 Å². The van der Waals surface area contributed by atoms with E-state index in [0.29, 0.717) is 6.42 Å². The van der Waals surface area contributed by atoms with Gasteiger partial charge in [-0.3, -0.25) is 4.79 Å². The topological polar surface area (TPSA) is 32.3 Å². The van der Waals surface area contributed by atoms with E-state index in [-0.39, 0.29) is 11.3 Å². The van der Waals surface area contributed by atoms with Gasteiger partial charge in [0.15, 0.2) is 0 Å². The predicted molar refractivity (Wildman–Crippen MR) is 82.5 cm³/mol. The summed E-state index contributed by atoms with van der Waals surface area (Å²) in [4.78, 5) is 14.3. The normalized spacial score (nSPS) is 20.0. The molecule has 0 spiro atoms. The number of nitrogens with one attached hydrogen (secondary N) is 1. The SMILES string of the molecule is Cc1cc(N2CC(C)(C)CNCCC2=O)ccc1Br. The van der Waals surface area contributed by atoms with Crippen molar-refractivity contribution in [3.8, 4) is 0 Å². The third kappa shape index (κ3) is 3.57. The summed E-state index contributed by atoms with van der Waals surface area (Å²) in [5.41, 5.74) is 2.24. The molecule has 1 saturated heterocycles. The van der Waals surface area contributed by atoms with Gasteiger partial charge in [-0.05, 0) is 36.1 Å². The average molecular weight is 325 g/mol. The van der Waals surface area contributed by atoms with Crippen molar-refractivity contribution in [1.82, 2.24) is 5.32 Å². The van der Waals surface area contributed by atoms with Crippen molar-refractivity contribution < 1.29 is 4.79 Å². The van der Waals surface area contributed by atoms with E-state index in [9.17, 15) is 4.79 Å². The molecule has 1 aliphatic rings. The number of hydrogen-bond acceptors (Lipinski definition) is 2. The molecule has 4 heteroatoms. The fourth-order valence-electron chi connectivity index (χ4n) is 2.36. The van der Waals surface area contributed by atoms with E-state index < -0.39 is 0 Å². The zero-order valence-electron chi connectivity index (χ0n) is 11.8. The fraction of sp³-hybridized carbons (Fsp3) is 0.533. The Hall–Kier alpha value is -0.870. The van der Waals surface area contributed by atoms with Crippen LogP contribution in [0.25, 0.3) is 0 Å². The Labute approximate surface area is 123 Å². The Morgan fingerprint density at radius 2 is 2.11 bits per heavy atom. The molecule has 0 saturated carbocycles. The Kier molecular flexibility index (Phi) is 4.31. The van der Waals surface area contributed by atoms with E-state index in [4.69, 9.17) is 0 Å². The lowest BCUT2D eigenvalue weighted by atomic mass is 9.91. The zero-order valence-corrected chi connectivity index (χ0v) is 13.4. The first-order valence-corrected chi connectivity index (χ1v) is 7.46. The molecule has 0 aromatic heterocycles. The van der Waals surface area contributed by atoms with Gasteiger partial charge in [-0.15, -0.1) is 0 Å². The monoisotopic (exact) mass is 324 g/mol.